The second kappa shape index (κ2) is 6.04. The van der Waals surface area contributed by atoms with Gasteiger partial charge in [0.1, 0.15) is 0 Å². The van der Waals surface area contributed by atoms with Crippen molar-refractivity contribution in [1.29, 1.82) is 0 Å². The number of rotatable bonds is 3. The van der Waals surface area contributed by atoms with E-state index < -0.39 is 0 Å². The van der Waals surface area contributed by atoms with Gasteiger partial charge in [-0.05, 0) is 60.0 Å². The van der Waals surface area contributed by atoms with Crippen LogP contribution in [-0.4, -0.2) is 0 Å². The molecule has 0 saturated carbocycles. The molecule has 0 bridgehead atoms. The zero-order chi connectivity index (χ0) is 14.1. The van der Waals surface area contributed by atoms with Crippen LogP contribution in [0.4, 0.5) is 0 Å². The van der Waals surface area contributed by atoms with Gasteiger partial charge in [-0.25, -0.2) is 0 Å². The van der Waals surface area contributed by atoms with Crippen molar-refractivity contribution >= 4 is 34.5 Å². The topological polar surface area (TPSA) is 38.0 Å². The van der Waals surface area contributed by atoms with Gasteiger partial charge in [-0.2, -0.15) is 0 Å². The molecule has 1 heterocycles. The molecule has 1 aromatic carbocycles. The third-order valence-electron chi connectivity index (χ3n) is 3.97. The molecule has 0 saturated heterocycles. The van der Waals surface area contributed by atoms with E-state index in [1.807, 2.05) is 23.5 Å². The van der Waals surface area contributed by atoms with E-state index in [1.165, 1.54) is 23.3 Å². The number of benzene rings is 1. The normalized spacial score (nSPS) is 19.6. The van der Waals surface area contributed by atoms with Crippen LogP contribution >= 0.6 is 34.5 Å². The van der Waals surface area contributed by atoms with Crippen LogP contribution in [0.15, 0.2) is 29.6 Å². The van der Waals surface area contributed by atoms with Gasteiger partial charge >= 0.3 is 0 Å². The molecule has 1 aromatic heterocycles. The Balaban J connectivity index is 2.01. The van der Waals surface area contributed by atoms with E-state index in [0.717, 1.165) is 12.0 Å². The highest BCUT2D eigenvalue weighted by Gasteiger charge is 2.30. The summed E-state index contributed by atoms with van der Waals surface area (Å²) in [7, 11) is 0. The number of thiophene rings is 1. The van der Waals surface area contributed by atoms with Crippen molar-refractivity contribution in [3.63, 3.8) is 0 Å². The van der Waals surface area contributed by atoms with E-state index in [9.17, 15) is 0 Å². The Morgan fingerprint density at radius 3 is 2.95 bits per heavy atom. The summed E-state index contributed by atoms with van der Waals surface area (Å²) in [5, 5.41) is 3.56. The molecule has 20 heavy (non-hydrogen) atoms. The first kappa shape index (κ1) is 14.4. The Morgan fingerprint density at radius 2 is 2.15 bits per heavy atom. The minimum atomic E-state index is -0.00477. The standard InChI is InChI=1S/C15H16Cl2N2S/c16-9-4-5-13(17)12(8-9)15(19-18)11-2-1-3-14-10(11)6-7-20-14/h4-8,11,15,19H,1-3,18H2. The molecule has 1 aliphatic carbocycles. The quantitative estimate of drug-likeness (QED) is 0.634. The fourth-order valence-corrected chi connectivity index (χ4v) is 4.46. The van der Waals surface area contributed by atoms with Crippen LogP contribution in [-0.2, 0) is 6.42 Å². The fourth-order valence-electron chi connectivity index (χ4n) is 3.04. The van der Waals surface area contributed by atoms with Crippen molar-refractivity contribution < 1.29 is 0 Å². The monoisotopic (exact) mass is 326 g/mol. The smallest absolute Gasteiger partial charge is 0.0544 e. The Labute approximate surface area is 132 Å². The molecule has 0 aliphatic heterocycles. The summed E-state index contributed by atoms with van der Waals surface area (Å²) in [6.45, 7) is 0. The molecule has 2 aromatic rings. The lowest BCUT2D eigenvalue weighted by Crippen LogP contribution is -2.34. The van der Waals surface area contributed by atoms with Gasteiger partial charge in [-0.1, -0.05) is 23.2 Å². The predicted molar refractivity (Wildman–Crippen MR) is 86.5 cm³/mol. The van der Waals surface area contributed by atoms with Gasteiger partial charge in [0.05, 0.1) is 6.04 Å². The van der Waals surface area contributed by atoms with Crippen LogP contribution in [0.3, 0.4) is 0 Å². The van der Waals surface area contributed by atoms with E-state index in [0.29, 0.717) is 16.0 Å². The number of nitrogens with two attached hydrogens (primary N) is 1. The van der Waals surface area contributed by atoms with Gasteiger partial charge in [-0.15, -0.1) is 11.3 Å². The molecule has 0 spiro atoms. The zero-order valence-corrected chi connectivity index (χ0v) is 13.2. The molecular formula is C15H16Cl2N2S. The van der Waals surface area contributed by atoms with E-state index in [2.05, 4.69) is 16.9 Å². The highest BCUT2D eigenvalue weighted by Crippen LogP contribution is 2.43. The number of hydrogen-bond acceptors (Lipinski definition) is 3. The average Bonchev–Trinajstić information content (AvgIpc) is 2.92. The number of nitrogens with one attached hydrogen (secondary N) is 1. The van der Waals surface area contributed by atoms with Crippen molar-refractivity contribution in [3.05, 3.63) is 55.7 Å². The Morgan fingerprint density at radius 1 is 1.30 bits per heavy atom. The van der Waals surface area contributed by atoms with Gasteiger partial charge in [0, 0.05) is 20.8 Å². The lowest BCUT2D eigenvalue weighted by Gasteiger charge is -2.31. The summed E-state index contributed by atoms with van der Waals surface area (Å²) < 4.78 is 0. The van der Waals surface area contributed by atoms with Gasteiger partial charge in [0.15, 0.2) is 0 Å². The Kier molecular flexibility index (Phi) is 4.34. The minimum absolute atomic E-state index is 0.00477. The van der Waals surface area contributed by atoms with Crippen molar-refractivity contribution in [3.8, 4) is 0 Å². The first-order valence-electron chi connectivity index (χ1n) is 6.68. The molecule has 3 rings (SSSR count). The largest absolute Gasteiger partial charge is 0.271 e. The molecule has 3 N–H and O–H groups in total. The Hall–Kier alpha value is -0.580. The van der Waals surface area contributed by atoms with Gasteiger partial charge in [0.25, 0.3) is 0 Å². The molecule has 1 aliphatic rings. The summed E-state index contributed by atoms with van der Waals surface area (Å²) in [5.41, 5.74) is 5.33. The lowest BCUT2D eigenvalue weighted by atomic mass is 9.80. The van der Waals surface area contributed by atoms with Crippen LogP contribution in [0.25, 0.3) is 0 Å². The maximum atomic E-state index is 6.34. The first-order valence-corrected chi connectivity index (χ1v) is 8.31. The van der Waals surface area contributed by atoms with Crippen molar-refractivity contribution in [2.75, 3.05) is 0 Å². The maximum absolute atomic E-state index is 6.34. The molecule has 0 amide bonds. The van der Waals surface area contributed by atoms with Crippen molar-refractivity contribution in [1.82, 2.24) is 5.43 Å². The van der Waals surface area contributed by atoms with E-state index in [1.54, 1.807) is 6.07 Å². The van der Waals surface area contributed by atoms with Crippen molar-refractivity contribution in [2.45, 2.75) is 31.2 Å². The number of fused-ring (bicyclic) bond motifs is 1. The molecule has 0 radical (unpaired) electrons. The van der Waals surface area contributed by atoms with E-state index in [4.69, 9.17) is 29.0 Å². The zero-order valence-electron chi connectivity index (χ0n) is 10.9. The van der Waals surface area contributed by atoms with Gasteiger partial charge in [0.2, 0.25) is 0 Å². The number of hydrazine groups is 1. The molecule has 0 fully saturated rings. The number of hydrogen-bond donors (Lipinski definition) is 2. The predicted octanol–water partition coefficient (Wildman–Crippen LogP) is 4.68. The third kappa shape index (κ3) is 2.61. The first-order chi connectivity index (χ1) is 9.70. The van der Waals surface area contributed by atoms with Crippen LogP contribution < -0.4 is 11.3 Å². The summed E-state index contributed by atoms with van der Waals surface area (Å²) in [4.78, 5) is 1.47. The summed E-state index contributed by atoms with van der Waals surface area (Å²) in [6, 6.07) is 7.76. The summed E-state index contributed by atoms with van der Waals surface area (Å²) in [6.07, 6.45) is 3.47. The molecule has 106 valence electrons. The third-order valence-corrected chi connectivity index (χ3v) is 5.55. The molecule has 2 atom stereocenters. The SMILES string of the molecule is NNC(c1cc(Cl)ccc1Cl)C1CCCc2sccc21. The molecule has 2 unspecified atom stereocenters. The maximum Gasteiger partial charge on any atom is 0.0544 e. The van der Waals surface area contributed by atoms with Crippen LogP contribution in [0.1, 0.15) is 40.8 Å². The minimum Gasteiger partial charge on any atom is -0.271 e. The molecule has 5 heteroatoms. The van der Waals surface area contributed by atoms with E-state index >= 15 is 0 Å². The highest BCUT2D eigenvalue weighted by molar-refractivity contribution is 7.10. The van der Waals surface area contributed by atoms with Gasteiger partial charge in [-0.3, -0.25) is 11.3 Å². The lowest BCUT2D eigenvalue weighted by molar-refractivity contribution is 0.411. The van der Waals surface area contributed by atoms with Crippen LogP contribution in [0, 0.1) is 0 Å². The number of aryl methyl sites for hydroxylation is 1. The summed E-state index contributed by atoms with van der Waals surface area (Å²) >= 11 is 14.3. The van der Waals surface area contributed by atoms with Gasteiger partial charge < -0.3 is 0 Å². The Bertz CT molecular complexity index is 612. The van der Waals surface area contributed by atoms with Crippen LogP contribution in [0.2, 0.25) is 10.0 Å². The van der Waals surface area contributed by atoms with E-state index in [-0.39, 0.29) is 6.04 Å². The fraction of sp³-hybridized carbons (Fsp3) is 0.333. The van der Waals surface area contributed by atoms with Crippen molar-refractivity contribution in [2.24, 2.45) is 5.84 Å². The van der Waals surface area contributed by atoms with Crippen LogP contribution in [0.5, 0.6) is 0 Å². The number of halogens is 2. The molecule has 2 nitrogen and oxygen atoms in total. The second-order valence-electron chi connectivity index (χ2n) is 5.11. The average molecular weight is 327 g/mol. The second-order valence-corrected chi connectivity index (χ2v) is 6.95. The molecular weight excluding hydrogens is 311 g/mol. The summed E-state index contributed by atoms with van der Waals surface area (Å²) in [5.74, 6) is 6.18. The highest BCUT2D eigenvalue weighted by atomic mass is 35.5.